The number of amides is 1. The standard InChI is InChI=1S/C19H16F5N5O3/c1-17(8-18(20,21)9-17)27-15(30)14-26-13-5-4-11(7-29(13)28-14)32-16-12(3-2-6-25-16)31-10-19(22,23)24/h2-7H,8-10H2,1H3,(H,27,30). The summed E-state index contributed by atoms with van der Waals surface area (Å²) in [5.74, 6) is -4.03. The SMILES string of the molecule is CC1(NC(=O)c2nc3ccc(Oc4ncccc4OCC(F)(F)F)cn3n2)CC(F)(F)C1. The number of rotatable bonds is 6. The molecule has 1 saturated carbocycles. The average Bonchev–Trinajstić information content (AvgIpc) is 3.08. The molecular weight excluding hydrogens is 441 g/mol. The maximum Gasteiger partial charge on any atom is 0.422 e. The fraction of sp³-hybridized carbons (Fsp3) is 0.368. The van der Waals surface area contributed by atoms with E-state index >= 15 is 0 Å². The third-order valence-corrected chi connectivity index (χ3v) is 4.56. The summed E-state index contributed by atoms with van der Waals surface area (Å²) in [6.45, 7) is -0.00412. The van der Waals surface area contributed by atoms with Gasteiger partial charge in [-0.15, -0.1) is 5.10 Å². The van der Waals surface area contributed by atoms with Crippen LogP contribution in [0.4, 0.5) is 22.0 Å². The Morgan fingerprint density at radius 2 is 2.00 bits per heavy atom. The molecule has 13 heteroatoms. The van der Waals surface area contributed by atoms with Crippen LogP contribution in [0.2, 0.25) is 0 Å². The lowest BCUT2D eigenvalue weighted by Gasteiger charge is -2.44. The normalized spacial score (nSPS) is 16.9. The lowest BCUT2D eigenvalue weighted by molar-refractivity contribution is -0.153. The summed E-state index contributed by atoms with van der Waals surface area (Å²) in [5.41, 5.74) is -0.779. The number of carbonyl (C=O) groups excluding carboxylic acids is 1. The molecule has 0 spiro atoms. The van der Waals surface area contributed by atoms with Crippen molar-refractivity contribution < 1.29 is 36.2 Å². The minimum absolute atomic E-state index is 0.135. The molecule has 170 valence electrons. The van der Waals surface area contributed by atoms with Crippen LogP contribution >= 0.6 is 0 Å². The van der Waals surface area contributed by atoms with E-state index in [1.54, 1.807) is 0 Å². The van der Waals surface area contributed by atoms with Crippen LogP contribution in [0.25, 0.3) is 5.65 Å². The predicted molar refractivity (Wildman–Crippen MR) is 98.9 cm³/mol. The minimum Gasteiger partial charge on any atom is -0.478 e. The first-order valence-corrected chi connectivity index (χ1v) is 9.31. The van der Waals surface area contributed by atoms with Gasteiger partial charge in [0.2, 0.25) is 5.82 Å². The number of alkyl halides is 5. The van der Waals surface area contributed by atoms with Crippen molar-refractivity contribution in [3.63, 3.8) is 0 Å². The Labute approximate surface area is 177 Å². The molecule has 0 unspecified atom stereocenters. The van der Waals surface area contributed by atoms with Crippen LogP contribution in [-0.2, 0) is 0 Å². The van der Waals surface area contributed by atoms with Crippen LogP contribution in [0.1, 0.15) is 30.4 Å². The van der Waals surface area contributed by atoms with Crippen LogP contribution in [0.15, 0.2) is 36.7 Å². The molecule has 1 fully saturated rings. The lowest BCUT2D eigenvalue weighted by atomic mass is 9.75. The first kappa shape index (κ1) is 21.7. The number of halogens is 5. The Morgan fingerprint density at radius 3 is 2.69 bits per heavy atom. The van der Waals surface area contributed by atoms with Gasteiger partial charge in [-0.2, -0.15) is 13.2 Å². The Kier molecular flexibility index (Phi) is 5.13. The molecule has 3 heterocycles. The molecule has 1 aliphatic rings. The van der Waals surface area contributed by atoms with Crippen LogP contribution in [-0.4, -0.2) is 49.7 Å². The number of hydrogen-bond acceptors (Lipinski definition) is 6. The minimum atomic E-state index is -4.53. The summed E-state index contributed by atoms with van der Waals surface area (Å²) in [6.07, 6.45) is -2.83. The van der Waals surface area contributed by atoms with Crippen molar-refractivity contribution in [3.05, 3.63) is 42.5 Å². The van der Waals surface area contributed by atoms with Gasteiger partial charge in [0.05, 0.1) is 6.20 Å². The summed E-state index contributed by atoms with van der Waals surface area (Å²) in [4.78, 5) is 20.3. The van der Waals surface area contributed by atoms with Gasteiger partial charge in [0.25, 0.3) is 17.7 Å². The van der Waals surface area contributed by atoms with Gasteiger partial charge in [-0.05, 0) is 31.2 Å². The van der Waals surface area contributed by atoms with Crippen LogP contribution in [0.5, 0.6) is 17.4 Å². The van der Waals surface area contributed by atoms with Crippen molar-refractivity contribution in [1.29, 1.82) is 0 Å². The Morgan fingerprint density at radius 1 is 1.25 bits per heavy atom. The van der Waals surface area contributed by atoms with Crippen LogP contribution in [0, 0.1) is 0 Å². The van der Waals surface area contributed by atoms with E-state index in [0.717, 1.165) is 0 Å². The topological polar surface area (TPSA) is 90.6 Å². The van der Waals surface area contributed by atoms with Crippen LogP contribution < -0.4 is 14.8 Å². The Bertz CT molecular complexity index is 1160. The molecule has 32 heavy (non-hydrogen) atoms. The van der Waals surface area contributed by atoms with E-state index in [0.29, 0.717) is 0 Å². The molecule has 0 aliphatic heterocycles. The predicted octanol–water partition coefficient (Wildman–Crippen LogP) is 3.78. The summed E-state index contributed by atoms with van der Waals surface area (Å²) < 4.78 is 75.0. The van der Waals surface area contributed by atoms with Gasteiger partial charge in [0.15, 0.2) is 18.0 Å². The highest BCUT2D eigenvalue weighted by Crippen LogP contribution is 2.45. The molecule has 1 aliphatic carbocycles. The molecule has 1 N–H and O–H groups in total. The number of carbonyl (C=O) groups is 1. The maximum atomic E-state index is 13.1. The quantitative estimate of drug-likeness (QED) is 0.567. The number of nitrogens with zero attached hydrogens (tertiary/aromatic N) is 4. The van der Waals surface area contributed by atoms with Gasteiger partial charge < -0.3 is 14.8 Å². The second-order valence-corrected chi connectivity index (χ2v) is 7.64. The molecule has 0 aromatic carbocycles. The summed E-state index contributed by atoms with van der Waals surface area (Å²) >= 11 is 0. The van der Waals surface area contributed by atoms with Gasteiger partial charge in [0, 0.05) is 24.6 Å². The van der Waals surface area contributed by atoms with E-state index in [1.807, 2.05) is 0 Å². The van der Waals surface area contributed by atoms with E-state index in [1.165, 1.54) is 48.1 Å². The van der Waals surface area contributed by atoms with Crippen LogP contribution in [0.3, 0.4) is 0 Å². The first-order valence-electron chi connectivity index (χ1n) is 9.31. The van der Waals surface area contributed by atoms with Gasteiger partial charge in [-0.25, -0.2) is 23.3 Å². The van der Waals surface area contributed by atoms with Crippen molar-refractivity contribution in [1.82, 2.24) is 24.9 Å². The van der Waals surface area contributed by atoms with Gasteiger partial charge in [-0.1, -0.05) is 0 Å². The second-order valence-electron chi connectivity index (χ2n) is 7.64. The molecular formula is C19H16F5N5O3. The van der Waals surface area contributed by atoms with E-state index < -0.39 is 43.0 Å². The van der Waals surface area contributed by atoms with E-state index in [9.17, 15) is 26.7 Å². The average molecular weight is 457 g/mol. The largest absolute Gasteiger partial charge is 0.478 e. The fourth-order valence-corrected chi connectivity index (χ4v) is 3.36. The molecule has 4 rings (SSSR count). The smallest absolute Gasteiger partial charge is 0.422 e. The van der Waals surface area contributed by atoms with Crippen molar-refractivity contribution in [3.8, 4) is 17.4 Å². The summed E-state index contributed by atoms with van der Waals surface area (Å²) in [5, 5.41) is 6.52. The Balaban J connectivity index is 1.49. The third kappa shape index (κ3) is 4.86. The van der Waals surface area contributed by atoms with Gasteiger partial charge in [-0.3, -0.25) is 4.79 Å². The molecule has 1 amide bonds. The summed E-state index contributed by atoms with van der Waals surface area (Å²) in [6, 6.07) is 5.57. The second kappa shape index (κ2) is 7.57. The van der Waals surface area contributed by atoms with Crippen molar-refractivity contribution in [2.24, 2.45) is 0 Å². The number of nitrogens with one attached hydrogen (secondary N) is 1. The number of aromatic nitrogens is 4. The zero-order valence-electron chi connectivity index (χ0n) is 16.5. The zero-order chi connectivity index (χ0) is 23.1. The van der Waals surface area contributed by atoms with Crippen molar-refractivity contribution in [2.75, 3.05) is 6.61 Å². The highest BCUT2D eigenvalue weighted by molar-refractivity contribution is 5.91. The fourth-order valence-electron chi connectivity index (χ4n) is 3.36. The van der Waals surface area contributed by atoms with E-state index in [-0.39, 0.29) is 28.9 Å². The van der Waals surface area contributed by atoms with E-state index in [4.69, 9.17) is 9.47 Å². The first-order chi connectivity index (χ1) is 14.9. The van der Waals surface area contributed by atoms with E-state index in [2.05, 4.69) is 20.4 Å². The molecule has 3 aromatic heterocycles. The molecule has 0 saturated heterocycles. The number of fused-ring (bicyclic) bond motifs is 1. The highest BCUT2D eigenvalue weighted by Gasteiger charge is 2.54. The van der Waals surface area contributed by atoms with Gasteiger partial charge >= 0.3 is 6.18 Å². The molecule has 3 aromatic rings. The Hall–Kier alpha value is -3.51. The number of ether oxygens (including phenoxy) is 2. The maximum absolute atomic E-state index is 13.1. The third-order valence-electron chi connectivity index (χ3n) is 4.56. The monoisotopic (exact) mass is 457 g/mol. The lowest BCUT2D eigenvalue weighted by Crippen LogP contribution is -2.60. The zero-order valence-corrected chi connectivity index (χ0v) is 16.5. The molecule has 0 atom stereocenters. The van der Waals surface area contributed by atoms with Gasteiger partial charge in [0.1, 0.15) is 5.75 Å². The molecule has 0 radical (unpaired) electrons. The molecule has 0 bridgehead atoms. The number of pyridine rings is 2. The highest BCUT2D eigenvalue weighted by atomic mass is 19.4. The van der Waals surface area contributed by atoms with Crippen molar-refractivity contribution >= 4 is 11.6 Å². The summed E-state index contributed by atoms with van der Waals surface area (Å²) in [7, 11) is 0. The van der Waals surface area contributed by atoms with Crippen molar-refractivity contribution in [2.45, 2.75) is 37.4 Å². The molecule has 8 nitrogen and oxygen atoms in total. The number of hydrogen-bond donors (Lipinski definition) is 1.